The number of benzene rings is 2. The van der Waals surface area contributed by atoms with E-state index < -0.39 is 0 Å². The van der Waals surface area contributed by atoms with E-state index in [1.807, 2.05) is 36.4 Å². The van der Waals surface area contributed by atoms with Gasteiger partial charge in [0.2, 0.25) is 5.91 Å². The zero-order chi connectivity index (χ0) is 16.2. The maximum Gasteiger partial charge on any atom is 0.229 e. The predicted molar refractivity (Wildman–Crippen MR) is 90.9 cm³/mol. The molecule has 0 atom stereocenters. The molecule has 1 amide bonds. The zero-order valence-corrected chi connectivity index (χ0v) is 13.3. The molecule has 0 aliphatic rings. The maximum absolute atomic E-state index is 12.3. The fraction of sp³-hybridized carbons (Fsp3) is 0.211. The molecule has 0 aliphatic heterocycles. The van der Waals surface area contributed by atoms with Crippen molar-refractivity contribution in [3.8, 4) is 5.75 Å². The van der Waals surface area contributed by atoms with Crippen LogP contribution in [0.3, 0.4) is 0 Å². The third kappa shape index (κ3) is 3.21. The molecule has 0 saturated heterocycles. The number of rotatable bonds is 5. The average molecular weight is 309 g/mol. The number of hydrogen-bond acceptors (Lipinski definition) is 3. The molecule has 0 fully saturated rings. The summed E-state index contributed by atoms with van der Waals surface area (Å²) in [6, 6.07) is 13.5. The first-order valence-electron chi connectivity index (χ1n) is 7.63. The quantitative estimate of drug-likeness (QED) is 0.769. The summed E-state index contributed by atoms with van der Waals surface area (Å²) < 4.78 is 10.8. The van der Waals surface area contributed by atoms with E-state index in [2.05, 4.69) is 18.3 Å². The molecule has 2 aromatic carbocycles. The van der Waals surface area contributed by atoms with Crippen molar-refractivity contribution in [1.82, 2.24) is 0 Å². The molecule has 0 saturated carbocycles. The predicted octanol–water partition coefficient (Wildman–Crippen LogP) is 4.19. The van der Waals surface area contributed by atoms with Crippen LogP contribution in [0.1, 0.15) is 18.1 Å². The Labute approximate surface area is 135 Å². The van der Waals surface area contributed by atoms with Crippen LogP contribution < -0.4 is 10.1 Å². The lowest BCUT2D eigenvalue weighted by molar-refractivity contribution is -0.115. The number of carbonyl (C=O) groups excluding carboxylic acids is 1. The van der Waals surface area contributed by atoms with E-state index in [1.165, 1.54) is 5.56 Å². The van der Waals surface area contributed by atoms with Crippen molar-refractivity contribution in [2.24, 2.45) is 0 Å². The highest BCUT2D eigenvalue weighted by Gasteiger charge is 2.12. The Bertz CT molecular complexity index is 836. The van der Waals surface area contributed by atoms with Gasteiger partial charge in [0.05, 0.1) is 25.5 Å². The van der Waals surface area contributed by atoms with Crippen molar-refractivity contribution in [1.29, 1.82) is 0 Å². The molecular formula is C19H19NO3. The number of nitrogens with one attached hydrogen (secondary N) is 1. The van der Waals surface area contributed by atoms with Gasteiger partial charge in [0, 0.05) is 10.9 Å². The van der Waals surface area contributed by atoms with Crippen LogP contribution >= 0.6 is 0 Å². The van der Waals surface area contributed by atoms with Gasteiger partial charge >= 0.3 is 0 Å². The monoisotopic (exact) mass is 309 g/mol. The molecule has 3 rings (SSSR count). The minimum absolute atomic E-state index is 0.100. The number of fused-ring (bicyclic) bond motifs is 1. The topological polar surface area (TPSA) is 51.5 Å². The molecule has 1 aromatic heterocycles. The summed E-state index contributed by atoms with van der Waals surface area (Å²) >= 11 is 0. The van der Waals surface area contributed by atoms with Crippen molar-refractivity contribution in [2.45, 2.75) is 19.8 Å². The molecule has 3 aromatic rings. The number of amides is 1. The second-order valence-corrected chi connectivity index (χ2v) is 5.37. The van der Waals surface area contributed by atoms with Gasteiger partial charge < -0.3 is 14.5 Å². The number of furan rings is 1. The lowest BCUT2D eigenvalue weighted by Gasteiger charge is -2.09. The number of para-hydroxylation sites is 2. The Balaban J connectivity index is 1.78. The van der Waals surface area contributed by atoms with Crippen molar-refractivity contribution < 1.29 is 13.9 Å². The fourth-order valence-electron chi connectivity index (χ4n) is 2.60. The second-order valence-electron chi connectivity index (χ2n) is 5.37. The SMILES string of the molecule is CCc1ccc2c(CC(=O)Nc3ccccc3OC)coc2c1. The van der Waals surface area contributed by atoms with Gasteiger partial charge in [-0.3, -0.25) is 4.79 Å². The highest BCUT2D eigenvalue weighted by Crippen LogP contribution is 2.25. The van der Waals surface area contributed by atoms with Crippen LogP contribution in [0.4, 0.5) is 5.69 Å². The van der Waals surface area contributed by atoms with Crippen molar-refractivity contribution in [2.75, 3.05) is 12.4 Å². The molecule has 0 aliphatic carbocycles. The normalized spacial score (nSPS) is 10.7. The lowest BCUT2D eigenvalue weighted by atomic mass is 10.1. The molecule has 0 spiro atoms. The van der Waals surface area contributed by atoms with E-state index in [-0.39, 0.29) is 12.3 Å². The van der Waals surface area contributed by atoms with Crippen LogP contribution in [0.25, 0.3) is 11.0 Å². The standard InChI is InChI=1S/C19H19NO3/c1-3-13-8-9-15-14(12-23-18(15)10-13)11-19(21)20-16-6-4-5-7-17(16)22-2/h4-10,12H,3,11H2,1-2H3,(H,20,21). The summed E-state index contributed by atoms with van der Waals surface area (Å²) in [7, 11) is 1.58. The summed E-state index contributed by atoms with van der Waals surface area (Å²) in [6.07, 6.45) is 2.88. The van der Waals surface area contributed by atoms with Crippen LogP contribution in [0, 0.1) is 0 Å². The van der Waals surface area contributed by atoms with Crippen LogP contribution in [0.2, 0.25) is 0 Å². The minimum atomic E-state index is -0.100. The molecule has 0 radical (unpaired) electrons. The summed E-state index contributed by atoms with van der Waals surface area (Å²) in [5.41, 5.74) is 3.59. The number of methoxy groups -OCH3 is 1. The van der Waals surface area contributed by atoms with E-state index in [9.17, 15) is 4.79 Å². The number of ether oxygens (including phenoxy) is 1. The van der Waals surface area contributed by atoms with E-state index in [1.54, 1.807) is 13.4 Å². The molecule has 4 heteroatoms. The first-order chi connectivity index (χ1) is 11.2. The van der Waals surface area contributed by atoms with Gasteiger partial charge in [0.15, 0.2) is 0 Å². The molecule has 118 valence electrons. The summed E-state index contributed by atoms with van der Waals surface area (Å²) in [4.78, 5) is 12.3. The largest absolute Gasteiger partial charge is 0.495 e. The fourth-order valence-corrected chi connectivity index (χ4v) is 2.60. The smallest absolute Gasteiger partial charge is 0.229 e. The zero-order valence-electron chi connectivity index (χ0n) is 13.3. The first-order valence-corrected chi connectivity index (χ1v) is 7.63. The minimum Gasteiger partial charge on any atom is -0.495 e. The van der Waals surface area contributed by atoms with Gasteiger partial charge in [-0.2, -0.15) is 0 Å². The highest BCUT2D eigenvalue weighted by atomic mass is 16.5. The summed E-state index contributed by atoms with van der Waals surface area (Å²) in [5, 5.41) is 3.87. The van der Waals surface area contributed by atoms with E-state index in [0.29, 0.717) is 11.4 Å². The van der Waals surface area contributed by atoms with Gasteiger partial charge in [-0.1, -0.05) is 31.2 Å². The molecule has 1 heterocycles. The Morgan fingerprint density at radius 2 is 2.04 bits per heavy atom. The first kappa shape index (κ1) is 15.2. The summed E-state index contributed by atoms with van der Waals surface area (Å²) in [5.74, 6) is 0.544. The molecular weight excluding hydrogens is 290 g/mol. The van der Waals surface area contributed by atoms with E-state index >= 15 is 0 Å². The van der Waals surface area contributed by atoms with Gasteiger partial charge in [-0.25, -0.2) is 0 Å². The number of hydrogen-bond donors (Lipinski definition) is 1. The maximum atomic E-state index is 12.3. The van der Waals surface area contributed by atoms with Crippen LogP contribution in [-0.2, 0) is 17.6 Å². The van der Waals surface area contributed by atoms with Crippen molar-refractivity contribution >= 4 is 22.6 Å². The molecule has 23 heavy (non-hydrogen) atoms. The summed E-state index contributed by atoms with van der Waals surface area (Å²) in [6.45, 7) is 2.10. The Kier molecular flexibility index (Phi) is 4.33. The van der Waals surface area contributed by atoms with Gasteiger partial charge in [-0.05, 0) is 30.2 Å². The van der Waals surface area contributed by atoms with E-state index in [0.717, 1.165) is 23.0 Å². The molecule has 0 unspecified atom stereocenters. The van der Waals surface area contributed by atoms with Crippen LogP contribution in [-0.4, -0.2) is 13.0 Å². The lowest BCUT2D eigenvalue weighted by Crippen LogP contribution is -2.14. The Hall–Kier alpha value is -2.75. The second kappa shape index (κ2) is 6.57. The van der Waals surface area contributed by atoms with Crippen LogP contribution in [0.5, 0.6) is 5.75 Å². The number of carbonyl (C=O) groups is 1. The van der Waals surface area contributed by atoms with Gasteiger partial charge in [0.25, 0.3) is 0 Å². The number of anilines is 1. The number of aryl methyl sites for hydroxylation is 1. The van der Waals surface area contributed by atoms with Crippen molar-refractivity contribution in [3.05, 3.63) is 59.9 Å². The third-order valence-corrected chi connectivity index (χ3v) is 3.86. The van der Waals surface area contributed by atoms with Crippen molar-refractivity contribution in [3.63, 3.8) is 0 Å². The van der Waals surface area contributed by atoms with Gasteiger partial charge in [-0.15, -0.1) is 0 Å². The molecule has 0 bridgehead atoms. The molecule has 1 N–H and O–H groups in total. The van der Waals surface area contributed by atoms with Crippen LogP contribution in [0.15, 0.2) is 53.1 Å². The Morgan fingerprint density at radius 3 is 2.83 bits per heavy atom. The average Bonchev–Trinajstić information content (AvgIpc) is 2.97. The van der Waals surface area contributed by atoms with E-state index in [4.69, 9.17) is 9.15 Å². The van der Waals surface area contributed by atoms with Gasteiger partial charge in [0.1, 0.15) is 11.3 Å². The third-order valence-electron chi connectivity index (χ3n) is 3.86. The highest BCUT2D eigenvalue weighted by molar-refractivity contribution is 5.96. The Morgan fingerprint density at radius 1 is 1.22 bits per heavy atom. The molecule has 4 nitrogen and oxygen atoms in total.